The second kappa shape index (κ2) is 5.45. The van der Waals surface area contributed by atoms with E-state index in [1.807, 2.05) is 36.5 Å². The summed E-state index contributed by atoms with van der Waals surface area (Å²) in [6, 6.07) is 10.0. The van der Waals surface area contributed by atoms with Crippen LogP contribution in [0, 0.1) is 11.3 Å². The molecule has 96 valence electrons. The highest BCUT2D eigenvalue weighted by Gasteiger charge is 2.28. The van der Waals surface area contributed by atoms with Crippen molar-refractivity contribution in [3.63, 3.8) is 0 Å². The highest BCUT2D eigenvalue weighted by molar-refractivity contribution is 5.64. The molecule has 1 aromatic rings. The number of benzene rings is 1. The van der Waals surface area contributed by atoms with Gasteiger partial charge in [0, 0.05) is 11.9 Å². The number of nitrogens with zero attached hydrogens (tertiary/aromatic N) is 2. The van der Waals surface area contributed by atoms with Crippen LogP contribution in [0.15, 0.2) is 60.8 Å². The van der Waals surface area contributed by atoms with Gasteiger partial charge in [-0.25, -0.2) is 0 Å². The predicted octanol–water partition coefficient (Wildman–Crippen LogP) is 3.42. The molecule has 3 heteroatoms. The second-order valence-corrected chi connectivity index (χ2v) is 4.33. The van der Waals surface area contributed by atoms with Crippen LogP contribution in [-0.2, 0) is 0 Å². The number of ether oxygens (including phenoxy) is 1. The Morgan fingerprint density at radius 3 is 2.63 bits per heavy atom. The molecule has 1 atom stereocenters. The van der Waals surface area contributed by atoms with Crippen molar-refractivity contribution < 1.29 is 4.74 Å². The van der Waals surface area contributed by atoms with Gasteiger partial charge in [-0.2, -0.15) is 5.26 Å². The predicted molar refractivity (Wildman–Crippen MR) is 76.9 cm³/mol. The van der Waals surface area contributed by atoms with Crippen molar-refractivity contribution in [3.05, 3.63) is 60.8 Å². The monoisotopic (exact) mass is 252 g/mol. The third-order valence-electron chi connectivity index (χ3n) is 3.23. The molecular formula is C16H16N2O. The molecule has 1 unspecified atom stereocenters. The first-order valence-corrected chi connectivity index (χ1v) is 6.05. The maximum atomic E-state index is 9.12. The van der Waals surface area contributed by atoms with Crippen LogP contribution in [0.1, 0.15) is 6.42 Å². The minimum absolute atomic E-state index is 0.0699. The third kappa shape index (κ3) is 2.38. The van der Waals surface area contributed by atoms with Crippen LogP contribution in [0.25, 0.3) is 0 Å². The van der Waals surface area contributed by atoms with Crippen molar-refractivity contribution in [2.75, 3.05) is 12.0 Å². The lowest BCUT2D eigenvalue weighted by atomic mass is 10.0. The van der Waals surface area contributed by atoms with Gasteiger partial charge in [-0.3, -0.25) is 0 Å². The zero-order valence-electron chi connectivity index (χ0n) is 11.0. The van der Waals surface area contributed by atoms with Gasteiger partial charge in [0.15, 0.2) is 0 Å². The molecule has 0 bridgehead atoms. The summed E-state index contributed by atoms with van der Waals surface area (Å²) < 4.78 is 5.15. The summed E-state index contributed by atoms with van der Waals surface area (Å²) in [6.07, 6.45) is 4.45. The molecule has 0 radical (unpaired) electrons. The minimum Gasteiger partial charge on any atom is -0.497 e. The Morgan fingerprint density at radius 1 is 1.42 bits per heavy atom. The molecule has 19 heavy (non-hydrogen) atoms. The quantitative estimate of drug-likeness (QED) is 0.770. The fourth-order valence-corrected chi connectivity index (χ4v) is 2.18. The number of anilines is 1. The Balaban J connectivity index is 2.34. The standard InChI is InChI=1S/C16H16N2O/c1-4-5-16-12(2)13(10-17)11-18(16)14-6-8-15(19-3)9-7-14/h4,6-9,11,16H,1-2,5H2,3H3. The maximum absolute atomic E-state index is 9.12. The molecule has 1 heterocycles. The maximum Gasteiger partial charge on any atom is 0.119 e. The summed E-state index contributed by atoms with van der Waals surface area (Å²) in [7, 11) is 1.64. The molecule has 0 saturated carbocycles. The summed E-state index contributed by atoms with van der Waals surface area (Å²) in [5.41, 5.74) is 2.49. The first-order chi connectivity index (χ1) is 9.21. The molecule has 3 nitrogen and oxygen atoms in total. The van der Waals surface area contributed by atoms with E-state index >= 15 is 0 Å². The average molecular weight is 252 g/mol. The van der Waals surface area contributed by atoms with Gasteiger partial charge in [0.25, 0.3) is 0 Å². The summed E-state index contributed by atoms with van der Waals surface area (Å²) in [6.45, 7) is 7.78. The van der Waals surface area contributed by atoms with Crippen molar-refractivity contribution in [1.29, 1.82) is 5.26 Å². The normalized spacial score (nSPS) is 17.9. The topological polar surface area (TPSA) is 36.3 Å². The lowest BCUT2D eigenvalue weighted by Crippen LogP contribution is -2.26. The molecule has 0 N–H and O–H groups in total. The van der Waals surface area contributed by atoms with E-state index < -0.39 is 0 Å². The summed E-state index contributed by atoms with van der Waals surface area (Å²) in [5.74, 6) is 0.812. The Bertz CT molecular complexity index is 563. The smallest absolute Gasteiger partial charge is 0.119 e. The van der Waals surface area contributed by atoms with Gasteiger partial charge in [0.2, 0.25) is 0 Å². The number of nitriles is 1. The number of hydrogen-bond donors (Lipinski definition) is 0. The lowest BCUT2D eigenvalue weighted by Gasteiger charge is -2.25. The zero-order valence-corrected chi connectivity index (χ0v) is 11.0. The van der Waals surface area contributed by atoms with Gasteiger partial charge in [-0.05, 0) is 36.3 Å². The van der Waals surface area contributed by atoms with Crippen molar-refractivity contribution in [2.45, 2.75) is 12.5 Å². The Kier molecular flexibility index (Phi) is 3.72. The van der Waals surface area contributed by atoms with Gasteiger partial charge < -0.3 is 9.64 Å². The van der Waals surface area contributed by atoms with Gasteiger partial charge in [-0.15, -0.1) is 6.58 Å². The van der Waals surface area contributed by atoms with Crippen LogP contribution in [-0.4, -0.2) is 13.2 Å². The Hall–Kier alpha value is -2.47. The molecule has 0 fully saturated rings. The zero-order chi connectivity index (χ0) is 13.8. The molecule has 2 rings (SSSR count). The van der Waals surface area contributed by atoms with Gasteiger partial charge in [-0.1, -0.05) is 12.7 Å². The van der Waals surface area contributed by atoms with Crippen molar-refractivity contribution in [2.24, 2.45) is 0 Å². The van der Waals surface area contributed by atoms with E-state index in [1.54, 1.807) is 7.11 Å². The summed E-state index contributed by atoms with van der Waals surface area (Å²) >= 11 is 0. The lowest BCUT2D eigenvalue weighted by molar-refractivity contribution is 0.415. The van der Waals surface area contributed by atoms with E-state index in [1.165, 1.54) is 0 Å². The average Bonchev–Trinajstić information content (AvgIpc) is 2.76. The molecule has 0 spiro atoms. The largest absolute Gasteiger partial charge is 0.497 e. The van der Waals surface area contributed by atoms with E-state index in [9.17, 15) is 0 Å². The van der Waals surface area contributed by atoms with Crippen LogP contribution in [0.2, 0.25) is 0 Å². The van der Waals surface area contributed by atoms with Crippen LogP contribution >= 0.6 is 0 Å². The molecule has 0 saturated heterocycles. The molecule has 1 aromatic carbocycles. The van der Waals surface area contributed by atoms with Crippen LogP contribution in [0.4, 0.5) is 5.69 Å². The van der Waals surface area contributed by atoms with E-state index in [4.69, 9.17) is 10.00 Å². The van der Waals surface area contributed by atoms with Gasteiger partial charge >= 0.3 is 0 Å². The highest BCUT2D eigenvalue weighted by Crippen LogP contribution is 2.33. The fourth-order valence-electron chi connectivity index (χ4n) is 2.18. The Morgan fingerprint density at radius 2 is 2.11 bits per heavy atom. The van der Waals surface area contributed by atoms with E-state index in [0.29, 0.717) is 5.57 Å². The number of methoxy groups -OCH3 is 1. The molecule has 1 aliphatic heterocycles. The molecule has 0 aromatic heterocycles. The highest BCUT2D eigenvalue weighted by atomic mass is 16.5. The SMILES string of the molecule is C=CCC1C(=C)C(C#N)=CN1c1ccc(OC)cc1. The number of rotatable bonds is 4. The van der Waals surface area contributed by atoms with Crippen LogP contribution in [0.3, 0.4) is 0 Å². The second-order valence-electron chi connectivity index (χ2n) is 4.33. The Labute approximate surface area is 113 Å². The summed E-state index contributed by atoms with van der Waals surface area (Å²) in [5, 5.41) is 9.12. The van der Waals surface area contributed by atoms with Crippen LogP contribution in [0.5, 0.6) is 5.75 Å². The minimum atomic E-state index is 0.0699. The van der Waals surface area contributed by atoms with Crippen LogP contribution < -0.4 is 9.64 Å². The van der Waals surface area contributed by atoms with E-state index in [-0.39, 0.29) is 6.04 Å². The van der Waals surface area contributed by atoms with Gasteiger partial charge in [0.05, 0.1) is 18.7 Å². The third-order valence-corrected chi connectivity index (χ3v) is 3.23. The molecular weight excluding hydrogens is 236 g/mol. The van der Waals surface area contributed by atoms with Crippen molar-refractivity contribution >= 4 is 5.69 Å². The molecule has 0 amide bonds. The fraction of sp³-hybridized carbons (Fsp3) is 0.188. The van der Waals surface area contributed by atoms with Gasteiger partial charge in [0.1, 0.15) is 11.8 Å². The van der Waals surface area contributed by atoms with E-state index in [2.05, 4.69) is 24.1 Å². The number of hydrogen-bond acceptors (Lipinski definition) is 3. The van der Waals surface area contributed by atoms with E-state index in [0.717, 1.165) is 23.4 Å². The van der Waals surface area contributed by atoms with Crippen molar-refractivity contribution in [1.82, 2.24) is 0 Å². The van der Waals surface area contributed by atoms with Crippen molar-refractivity contribution in [3.8, 4) is 11.8 Å². The molecule has 0 aliphatic carbocycles. The first-order valence-electron chi connectivity index (χ1n) is 6.05. The first kappa shape index (κ1) is 13.0. The molecule has 1 aliphatic rings. The summed E-state index contributed by atoms with van der Waals surface area (Å²) in [4.78, 5) is 2.06.